The van der Waals surface area contributed by atoms with Gasteiger partial charge in [-0.25, -0.2) is 0 Å². The number of rotatable bonds is 6. The Morgan fingerprint density at radius 1 is 1.17 bits per heavy atom. The summed E-state index contributed by atoms with van der Waals surface area (Å²) in [7, 11) is 0. The highest BCUT2D eigenvalue weighted by molar-refractivity contribution is 7.99. The molecule has 1 aliphatic rings. The summed E-state index contributed by atoms with van der Waals surface area (Å²) in [6.45, 7) is 6.35. The maximum atomic E-state index is 12.9. The van der Waals surface area contributed by atoms with Crippen LogP contribution in [0.1, 0.15) is 60.1 Å². The molecule has 1 fully saturated rings. The average molecular weight is 421 g/mol. The van der Waals surface area contributed by atoms with Gasteiger partial charge in [-0.15, -0.1) is 10.2 Å². The molecule has 2 unspecified atom stereocenters. The summed E-state index contributed by atoms with van der Waals surface area (Å²) < 4.78 is 2.26. The number of hydrogen-bond acceptors (Lipinski definition) is 5. The van der Waals surface area contributed by atoms with Crippen molar-refractivity contribution in [1.29, 1.82) is 0 Å². The lowest BCUT2D eigenvalue weighted by Gasteiger charge is -2.31. The first-order valence-corrected chi connectivity index (χ1v) is 11.6. The van der Waals surface area contributed by atoms with Crippen LogP contribution in [0.15, 0.2) is 47.9 Å². The van der Waals surface area contributed by atoms with Gasteiger partial charge in [-0.2, -0.15) is 0 Å². The highest BCUT2D eigenvalue weighted by atomic mass is 32.2. The maximum absolute atomic E-state index is 12.9. The lowest BCUT2D eigenvalue weighted by atomic mass is 9.85. The molecule has 0 saturated heterocycles. The van der Waals surface area contributed by atoms with Crippen molar-refractivity contribution >= 4 is 17.5 Å². The number of benzene rings is 1. The second-order valence-electron chi connectivity index (χ2n) is 8.28. The molecule has 0 spiro atoms. The van der Waals surface area contributed by atoms with Gasteiger partial charge < -0.3 is 0 Å². The molecule has 0 amide bonds. The molecule has 30 heavy (non-hydrogen) atoms. The van der Waals surface area contributed by atoms with Crippen LogP contribution in [0.2, 0.25) is 0 Å². The third kappa shape index (κ3) is 4.33. The smallest absolute Gasteiger partial charge is 0.192 e. The normalized spacial score (nSPS) is 19.0. The van der Waals surface area contributed by atoms with Crippen molar-refractivity contribution < 1.29 is 4.79 Å². The summed E-state index contributed by atoms with van der Waals surface area (Å²) in [5.41, 5.74) is 3.95. The molecule has 2 aromatic heterocycles. The van der Waals surface area contributed by atoms with E-state index in [2.05, 4.69) is 32.7 Å². The Hall–Kier alpha value is -2.47. The van der Waals surface area contributed by atoms with E-state index in [1.54, 1.807) is 6.20 Å². The van der Waals surface area contributed by atoms with Crippen LogP contribution in [0.4, 0.5) is 0 Å². The molecule has 5 nitrogen and oxygen atoms in total. The quantitative estimate of drug-likeness (QED) is 0.379. The number of ketones is 1. The summed E-state index contributed by atoms with van der Waals surface area (Å²) in [5, 5.41) is 9.84. The Morgan fingerprint density at radius 2 is 2.00 bits per heavy atom. The molecule has 6 heteroatoms. The number of hydrogen-bond donors (Lipinski definition) is 0. The fourth-order valence-electron chi connectivity index (χ4n) is 4.38. The zero-order chi connectivity index (χ0) is 21.1. The number of aryl methyl sites for hydroxylation is 2. The van der Waals surface area contributed by atoms with Crippen LogP contribution in [0.3, 0.4) is 0 Å². The second-order valence-corrected chi connectivity index (χ2v) is 9.22. The van der Waals surface area contributed by atoms with E-state index in [9.17, 15) is 4.79 Å². The highest BCUT2D eigenvalue weighted by Gasteiger charge is 2.29. The van der Waals surface area contributed by atoms with Gasteiger partial charge in [-0.05, 0) is 50.3 Å². The molecule has 1 aliphatic carbocycles. The van der Waals surface area contributed by atoms with Crippen molar-refractivity contribution in [3.05, 3.63) is 59.4 Å². The van der Waals surface area contributed by atoms with E-state index in [-0.39, 0.29) is 5.78 Å². The molecule has 1 aromatic carbocycles. The van der Waals surface area contributed by atoms with Crippen molar-refractivity contribution in [2.24, 2.45) is 5.92 Å². The third-order valence-electron chi connectivity index (χ3n) is 6.00. The monoisotopic (exact) mass is 420 g/mol. The number of thioether (sulfide) groups is 1. The van der Waals surface area contributed by atoms with Crippen LogP contribution in [0, 0.1) is 19.8 Å². The minimum absolute atomic E-state index is 0.131. The number of carbonyl (C=O) groups is 1. The largest absolute Gasteiger partial charge is 0.299 e. The van der Waals surface area contributed by atoms with Crippen LogP contribution in [-0.2, 0) is 0 Å². The number of pyridine rings is 1. The van der Waals surface area contributed by atoms with Gasteiger partial charge in [0.2, 0.25) is 0 Å². The molecule has 0 aliphatic heterocycles. The Kier molecular flexibility index (Phi) is 6.32. The van der Waals surface area contributed by atoms with E-state index in [0.717, 1.165) is 34.1 Å². The molecular weight excluding hydrogens is 392 g/mol. The Balaban J connectivity index is 1.62. The molecule has 1 saturated carbocycles. The zero-order valence-corrected chi connectivity index (χ0v) is 18.7. The van der Waals surface area contributed by atoms with Crippen molar-refractivity contribution in [3.63, 3.8) is 0 Å². The minimum Gasteiger partial charge on any atom is -0.299 e. The summed E-state index contributed by atoms with van der Waals surface area (Å²) >= 11 is 1.49. The number of Topliss-reactive ketones (excluding diaryl/α,β-unsaturated/α-hetero) is 1. The second kappa shape index (κ2) is 9.13. The van der Waals surface area contributed by atoms with E-state index in [1.807, 2.05) is 44.3 Å². The van der Waals surface area contributed by atoms with Gasteiger partial charge in [0.1, 0.15) is 0 Å². The average Bonchev–Trinajstić information content (AvgIpc) is 3.16. The lowest BCUT2D eigenvalue weighted by molar-refractivity contribution is 0.102. The Labute approximate surface area is 182 Å². The first kappa shape index (κ1) is 20.8. The van der Waals surface area contributed by atoms with Gasteiger partial charge in [-0.3, -0.25) is 14.3 Å². The summed E-state index contributed by atoms with van der Waals surface area (Å²) in [6, 6.07) is 10.3. The molecule has 2 atom stereocenters. The van der Waals surface area contributed by atoms with Crippen LogP contribution in [0.25, 0.3) is 11.4 Å². The van der Waals surface area contributed by atoms with Crippen LogP contribution in [0.5, 0.6) is 0 Å². The summed E-state index contributed by atoms with van der Waals surface area (Å²) in [6.07, 6.45) is 8.42. The first-order valence-electron chi connectivity index (χ1n) is 10.6. The maximum Gasteiger partial charge on any atom is 0.192 e. The molecule has 0 N–H and O–H groups in total. The summed E-state index contributed by atoms with van der Waals surface area (Å²) in [4.78, 5) is 17.2. The van der Waals surface area contributed by atoms with Crippen LogP contribution >= 0.6 is 11.8 Å². The van der Waals surface area contributed by atoms with E-state index in [1.165, 1.54) is 36.6 Å². The Bertz CT molecular complexity index is 1030. The molecule has 2 heterocycles. The van der Waals surface area contributed by atoms with Gasteiger partial charge in [0.05, 0.1) is 5.75 Å². The molecule has 4 rings (SSSR count). The van der Waals surface area contributed by atoms with Crippen molar-refractivity contribution in [3.8, 4) is 11.4 Å². The predicted molar refractivity (Wildman–Crippen MR) is 121 cm³/mol. The van der Waals surface area contributed by atoms with E-state index >= 15 is 0 Å². The van der Waals surface area contributed by atoms with Crippen LogP contribution < -0.4 is 0 Å². The van der Waals surface area contributed by atoms with Gasteiger partial charge in [0.15, 0.2) is 16.8 Å². The molecule has 3 aromatic rings. The highest BCUT2D eigenvalue weighted by Crippen LogP contribution is 2.39. The van der Waals surface area contributed by atoms with E-state index in [0.29, 0.717) is 17.7 Å². The molecular formula is C24H28N4OS. The number of nitrogens with zero attached hydrogens (tertiary/aromatic N) is 4. The number of carbonyl (C=O) groups excluding carboxylic acids is 1. The lowest BCUT2D eigenvalue weighted by Crippen LogP contribution is -2.22. The first-order chi connectivity index (χ1) is 14.5. The fraction of sp³-hybridized carbons (Fsp3) is 0.417. The summed E-state index contributed by atoms with van der Waals surface area (Å²) in [5.74, 6) is 1.89. The van der Waals surface area contributed by atoms with Crippen molar-refractivity contribution in [1.82, 2.24) is 19.7 Å². The van der Waals surface area contributed by atoms with E-state index in [4.69, 9.17) is 0 Å². The van der Waals surface area contributed by atoms with Gasteiger partial charge in [-0.1, -0.05) is 55.3 Å². The minimum atomic E-state index is 0.131. The van der Waals surface area contributed by atoms with Gasteiger partial charge >= 0.3 is 0 Å². The Morgan fingerprint density at radius 3 is 2.73 bits per heavy atom. The molecule has 0 radical (unpaired) electrons. The zero-order valence-electron chi connectivity index (χ0n) is 17.8. The molecule has 156 valence electrons. The van der Waals surface area contributed by atoms with Crippen LogP contribution in [-0.4, -0.2) is 31.3 Å². The van der Waals surface area contributed by atoms with Crippen molar-refractivity contribution in [2.75, 3.05) is 5.75 Å². The topological polar surface area (TPSA) is 60.7 Å². The van der Waals surface area contributed by atoms with Gasteiger partial charge in [0, 0.05) is 29.6 Å². The fourth-order valence-corrected chi connectivity index (χ4v) is 5.26. The van der Waals surface area contributed by atoms with E-state index < -0.39 is 0 Å². The standard InChI is InChI=1S/C24H28N4OS/c1-16-10-11-20(18(3)13-16)22(29)15-30-24-27-26-23(19-8-6-12-25-14-19)28(24)21-9-5-4-7-17(21)2/h6,8,10-14,17,21H,4-5,7,9,15H2,1-3H3. The predicted octanol–water partition coefficient (Wildman–Crippen LogP) is 5.68. The van der Waals surface area contributed by atoms with Crippen molar-refractivity contribution in [2.45, 2.75) is 57.7 Å². The third-order valence-corrected chi connectivity index (χ3v) is 6.94. The number of aromatic nitrogens is 4. The SMILES string of the molecule is Cc1ccc(C(=O)CSc2nnc(-c3cccnc3)n2C2CCCCC2C)c(C)c1. The van der Waals surface area contributed by atoms with Gasteiger partial charge in [0.25, 0.3) is 0 Å². The molecule has 0 bridgehead atoms.